The van der Waals surface area contributed by atoms with Gasteiger partial charge in [0.1, 0.15) is 5.75 Å². The van der Waals surface area contributed by atoms with Crippen LogP contribution in [0.25, 0.3) is 0 Å². The van der Waals surface area contributed by atoms with Crippen molar-refractivity contribution in [1.82, 2.24) is 4.90 Å². The van der Waals surface area contributed by atoms with E-state index in [1.807, 2.05) is 25.2 Å². The van der Waals surface area contributed by atoms with Gasteiger partial charge in [-0.25, -0.2) is 0 Å². The van der Waals surface area contributed by atoms with E-state index < -0.39 is 5.92 Å². The van der Waals surface area contributed by atoms with E-state index in [1.165, 1.54) is 0 Å². The lowest BCUT2D eigenvalue weighted by atomic mass is 9.71. The van der Waals surface area contributed by atoms with Crippen molar-refractivity contribution in [3.8, 4) is 5.75 Å². The van der Waals surface area contributed by atoms with Gasteiger partial charge in [0.25, 0.3) is 5.91 Å². The average Bonchev–Trinajstić information content (AvgIpc) is 2.86. The summed E-state index contributed by atoms with van der Waals surface area (Å²) in [5.74, 6) is -0.0550. The summed E-state index contributed by atoms with van der Waals surface area (Å²) in [5, 5.41) is 3.48. The number of anilines is 1. The summed E-state index contributed by atoms with van der Waals surface area (Å²) >= 11 is 11.9. The minimum Gasteiger partial charge on any atom is -0.484 e. The van der Waals surface area contributed by atoms with Crippen molar-refractivity contribution >= 4 is 46.4 Å². The smallest absolute Gasteiger partial charge is 0.262 e. The summed E-state index contributed by atoms with van der Waals surface area (Å²) in [6.07, 6.45) is 4.27. The monoisotopic (exact) mass is 524 g/mol. The standard InChI is InChI=1S/C28H26Cl2N2O4/c1-32-21-7-3-9-23(33)27(21)26(28-22(32)8-4-10-24(28)34)16-5-2-6-18(13-16)36-15-25(35)31-17-11-12-19(29)20(30)14-17/h2,5-6,11-14,26H,3-4,7-10,15H2,1H3,(H,31,35). The van der Waals surface area contributed by atoms with Gasteiger partial charge >= 0.3 is 0 Å². The Balaban J connectivity index is 1.40. The molecule has 0 saturated carbocycles. The van der Waals surface area contributed by atoms with Gasteiger partial charge in [-0.1, -0.05) is 35.3 Å². The minimum absolute atomic E-state index is 0.102. The summed E-state index contributed by atoms with van der Waals surface area (Å²) < 4.78 is 5.79. The normalized spacial score (nSPS) is 18.2. The van der Waals surface area contributed by atoms with Crippen LogP contribution in [0.5, 0.6) is 5.75 Å². The molecule has 0 unspecified atom stereocenters. The third kappa shape index (κ3) is 4.67. The highest BCUT2D eigenvalue weighted by molar-refractivity contribution is 6.42. The quantitative estimate of drug-likeness (QED) is 0.514. The first kappa shape index (κ1) is 24.6. The topological polar surface area (TPSA) is 75.7 Å². The molecule has 0 fully saturated rings. The van der Waals surface area contributed by atoms with Crippen molar-refractivity contribution in [3.63, 3.8) is 0 Å². The molecule has 3 aliphatic rings. The Morgan fingerprint density at radius 1 is 0.944 bits per heavy atom. The number of amides is 1. The van der Waals surface area contributed by atoms with Crippen LogP contribution < -0.4 is 10.1 Å². The molecular formula is C28H26Cl2N2O4. The summed E-state index contributed by atoms with van der Waals surface area (Å²) in [6, 6.07) is 12.2. The van der Waals surface area contributed by atoms with Crippen LogP contribution in [-0.2, 0) is 14.4 Å². The van der Waals surface area contributed by atoms with Crippen LogP contribution >= 0.6 is 23.2 Å². The molecule has 1 heterocycles. The molecule has 2 aliphatic carbocycles. The van der Waals surface area contributed by atoms with E-state index in [2.05, 4.69) is 10.2 Å². The number of ether oxygens (including phenoxy) is 1. The third-order valence-corrected chi connectivity index (χ3v) is 7.75. The zero-order valence-corrected chi connectivity index (χ0v) is 21.4. The van der Waals surface area contributed by atoms with Crippen molar-refractivity contribution in [2.75, 3.05) is 19.0 Å². The Hall–Kier alpha value is -3.09. The molecular weight excluding hydrogens is 499 g/mol. The molecule has 2 aromatic rings. The number of carbonyl (C=O) groups is 3. The fourth-order valence-electron chi connectivity index (χ4n) is 5.39. The molecule has 1 aliphatic heterocycles. The Morgan fingerprint density at radius 3 is 2.25 bits per heavy atom. The SMILES string of the molecule is CN1C2=C(C(=O)CCC2)C(c2cccc(OCC(=O)Nc3ccc(Cl)c(Cl)c3)c2)C2=C1CCCC2=O. The fourth-order valence-corrected chi connectivity index (χ4v) is 5.69. The predicted molar refractivity (Wildman–Crippen MR) is 139 cm³/mol. The molecule has 5 rings (SSSR count). The van der Waals surface area contributed by atoms with Crippen LogP contribution in [-0.4, -0.2) is 36.0 Å². The van der Waals surface area contributed by atoms with Gasteiger partial charge < -0.3 is 15.0 Å². The maximum Gasteiger partial charge on any atom is 0.262 e. The second-order valence-electron chi connectivity index (χ2n) is 9.30. The molecule has 1 N–H and O–H groups in total. The highest BCUT2D eigenvalue weighted by atomic mass is 35.5. The van der Waals surface area contributed by atoms with E-state index in [1.54, 1.807) is 24.3 Å². The molecule has 0 radical (unpaired) electrons. The summed E-state index contributed by atoms with van der Waals surface area (Å²) in [7, 11) is 1.98. The van der Waals surface area contributed by atoms with Gasteiger partial charge in [0.05, 0.1) is 10.0 Å². The van der Waals surface area contributed by atoms with E-state index in [4.69, 9.17) is 27.9 Å². The number of carbonyl (C=O) groups excluding carboxylic acids is 3. The number of benzene rings is 2. The van der Waals surface area contributed by atoms with Crippen LogP contribution in [0.4, 0.5) is 5.69 Å². The van der Waals surface area contributed by atoms with Gasteiger partial charge in [-0.05, 0) is 61.6 Å². The fraction of sp³-hybridized carbons (Fsp3) is 0.321. The molecule has 36 heavy (non-hydrogen) atoms. The number of hydrogen-bond donors (Lipinski definition) is 1. The van der Waals surface area contributed by atoms with Gasteiger partial charge in [-0.15, -0.1) is 0 Å². The first-order valence-corrected chi connectivity index (χ1v) is 12.8. The van der Waals surface area contributed by atoms with Crippen molar-refractivity contribution < 1.29 is 19.1 Å². The van der Waals surface area contributed by atoms with Crippen LogP contribution in [0.1, 0.15) is 50.0 Å². The first-order valence-electron chi connectivity index (χ1n) is 12.1. The number of nitrogens with one attached hydrogen (secondary N) is 1. The van der Waals surface area contributed by atoms with Gasteiger partial charge in [0.15, 0.2) is 18.2 Å². The molecule has 0 spiro atoms. The van der Waals surface area contributed by atoms with Crippen molar-refractivity contribution in [3.05, 3.63) is 80.6 Å². The van der Waals surface area contributed by atoms with Crippen LogP contribution in [0.15, 0.2) is 65.0 Å². The Bertz CT molecular complexity index is 1290. The number of rotatable bonds is 5. The highest BCUT2D eigenvalue weighted by Crippen LogP contribution is 2.48. The number of allylic oxidation sites excluding steroid dienone is 4. The Labute approximate surface area is 219 Å². The van der Waals surface area contributed by atoms with Crippen LogP contribution in [0, 0.1) is 0 Å². The molecule has 1 amide bonds. The summed E-state index contributed by atoms with van der Waals surface area (Å²) in [6.45, 7) is -0.211. The van der Waals surface area contributed by atoms with E-state index in [0.29, 0.717) is 34.3 Å². The van der Waals surface area contributed by atoms with Gasteiger partial charge in [0.2, 0.25) is 0 Å². The van der Waals surface area contributed by atoms with E-state index in [9.17, 15) is 14.4 Å². The maximum absolute atomic E-state index is 13.1. The van der Waals surface area contributed by atoms with E-state index in [0.717, 1.165) is 53.8 Å². The van der Waals surface area contributed by atoms with Crippen LogP contribution in [0.3, 0.4) is 0 Å². The largest absolute Gasteiger partial charge is 0.484 e. The number of hydrogen-bond acceptors (Lipinski definition) is 5. The van der Waals surface area contributed by atoms with Crippen molar-refractivity contribution in [1.29, 1.82) is 0 Å². The minimum atomic E-state index is -0.402. The molecule has 0 aromatic heterocycles. The number of ketones is 2. The maximum atomic E-state index is 13.1. The Morgan fingerprint density at radius 2 is 1.61 bits per heavy atom. The molecule has 0 atom stereocenters. The summed E-state index contributed by atoms with van der Waals surface area (Å²) in [5.41, 5.74) is 4.85. The molecule has 186 valence electrons. The molecule has 2 aromatic carbocycles. The molecule has 6 nitrogen and oxygen atoms in total. The third-order valence-electron chi connectivity index (χ3n) is 7.01. The molecule has 8 heteroatoms. The second kappa shape index (κ2) is 10.1. The lowest BCUT2D eigenvalue weighted by molar-refractivity contribution is -0.118. The zero-order valence-electron chi connectivity index (χ0n) is 19.9. The lowest BCUT2D eigenvalue weighted by Crippen LogP contribution is -2.37. The number of nitrogens with zero attached hydrogens (tertiary/aromatic N) is 1. The van der Waals surface area contributed by atoms with Crippen LogP contribution in [0.2, 0.25) is 10.0 Å². The van der Waals surface area contributed by atoms with Gasteiger partial charge in [0, 0.05) is 54.0 Å². The first-order chi connectivity index (χ1) is 17.3. The van der Waals surface area contributed by atoms with E-state index in [-0.39, 0.29) is 24.1 Å². The molecule has 0 saturated heterocycles. The number of halogens is 2. The average molecular weight is 525 g/mol. The van der Waals surface area contributed by atoms with Gasteiger partial charge in [-0.3, -0.25) is 14.4 Å². The van der Waals surface area contributed by atoms with Gasteiger partial charge in [-0.2, -0.15) is 0 Å². The lowest BCUT2D eigenvalue weighted by Gasteiger charge is -2.42. The second-order valence-corrected chi connectivity index (χ2v) is 10.1. The number of Topliss-reactive ketones (excluding diaryl/α,β-unsaturated/α-hetero) is 2. The highest BCUT2D eigenvalue weighted by Gasteiger charge is 2.42. The van der Waals surface area contributed by atoms with E-state index >= 15 is 0 Å². The Kier molecular flexibility index (Phi) is 6.91. The zero-order chi connectivity index (χ0) is 25.4. The van der Waals surface area contributed by atoms with Crippen molar-refractivity contribution in [2.24, 2.45) is 0 Å². The van der Waals surface area contributed by atoms with Crippen molar-refractivity contribution in [2.45, 2.75) is 44.4 Å². The summed E-state index contributed by atoms with van der Waals surface area (Å²) in [4.78, 5) is 40.8. The predicted octanol–water partition coefficient (Wildman–Crippen LogP) is 6.05. The molecule has 0 bridgehead atoms.